The fourth-order valence-corrected chi connectivity index (χ4v) is 3.43. The third kappa shape index (κ3) is 4.66. The number of thioether (sulfide) groups is 1. The summed E-state index contributed by atoms with van der Waals surface area (Å²) in [4.78, 5) is 15.6. The molecule has 2 aromatic rings. The molecule has 1 aliphatic heterocycles. The van der Waals surface area contributed by atoms with Crippen molar-refractivity contribution in [3.05, 3.63) is 53.6 Å². The molecule has 126 valence electrons. The first-order valence-electron chi connectivity index (χ1n) is 7.82. The lowest BCUT2D eigenvalue weighted by Gasteiger charge is -2.30. The van der Waals surface area contributed by atoms with E-state index < -0.39 is 0 Å². The molecule has 6 heteroatoms. The summed E-state index contributed by atoms with van der Waals surface area (Å²) in [6.45, 7) is 3.01. The Labute approximate surface area is 151 Å². The molecule has 0 aliphatic carbocycles. The summed E-state index contributed by atoms with van der Waals surface area (Å²) in [5, 5.41) is 3.60. The van der Waals surface area contributed by atoms with E-state index in [1.165, 1.54) is 11.8 Å². The van der Waals surface area contributed by atoms with Crippen molar-refractivity contribution in [2.24, 2.45) is 0 Å². The van der Waals surface area contributed by atoms with Crippen molar-refractivity contribution >= 4 is 40.6 Å². The van der Waals surface area contributed by atoms with Crippen molar-refractivity contribution in [2.45, 2.75) is 4.90 Å². The van der Waals surface area contributed by atoms with Crippen LogP contribution in [0.25, 0.3) is 0 Å². The monoisotopic (exact) mass is 362 g/mol. The second kappa shape index (κ2) is 8.42. The number of nitrogens with zero attached hydrogens (tertiary/aromatic N) is 1. The van der Waals surface area contributed by atoms with Crippen LogP contribution in [0.15, 0.2) is 53.4 Å². The number of benzene rings is 2. The van der Waals surface area contributed by atoms with Crippen molar-refractivity contribution in [2.75, 3.05) is 42.3 Å². The number of hydrogen-bond acceptors (Lipinski definition) is 4. The maximum absolute atomic E-state index is 12.3. The average molecular weight is 363 g/mol. The third-order valence-electron chi connectivity index (χ3n) is 3.70. The number of nitrogens with one attached hydrogen (secondary N) is 1. The first kappa shape index (κ1) is 17.1. The van der Waals surface area contributed by atoms with Crippen molar-refractivity contribution in [3.8, 4) is 0 Å². The zero-order valence-electron chi connectivity index (χ0n) is 13.2. The molecule has 0 saturated carbocycles. The van der Waals surface area contributed by atoms with Crippen LogP contribution in [0, 0.1) is 0 Å². The van der Waals surface area contributed by atoms with Gasteiger partial charge >= 0.3 is 0 Å². The van der Waals surface area contributed by atoms with Gasteiger partial charge in [-0.2, -0.15) is 0 Å². The number of halogens is 1. The molecule has 1 fully saturated rings. The molecule has 3 rings (SSSR count). The van der Waals surface area contributed by atoms with Crippen LogP contribution in [0.2, 0.25) is 5.02 Å². The topological polar surface area (TPSA) is 41.6 Å². The number of hydrogen-bond donors (Lipinski definition) is 1. The second-order valence-corrected chi connectivity index (χ2v) is 6.90. The van der Waals surface area contributed by atoms with E-state index in [0.29, 0.717) is 24.0 Å². The maximum Gasteiger partial charge on any atom is 0.234 e. The van der Waals surface area contributed by atoms with Gasteiger partial charge in [0.05, 0.1) is 30.3 Å². The highest BCUT2D eigenvalue weighted by Gasteiger charge is 2.16. The van der Waals surface area contributed by atoms with E-state index in [-0.39, 0.29) is 5.91 Å². The number of amides is 1. The van der Waals surface area contributed by atoms with E-state index in [0.717, 1.165) is 29.4 Å². The van der Waals surface area contributed by atoms with Crippen LogP contribution in [0.1, 0.15) is 0 Å². The quantitative estimate of drug-likeness (QED) is 0.819. The minimum Gasteiger partial charge on any atom is -0.378 e. The Morgan fingerprint density at radius 3 is 2.67 bits per heavy atom. The van der Waals surface area contributed by atoms with Gasteiger partial charge in [-0.3, -0.25) is 4.79 Å². The van der Waals surface area contributed by atoms with Crippen LogP contribution in [0.5, 0.6) is 0 Å². The highest BCUT2D eigenvalue weighted by Crippen LogP contribution is 2.30. The van der Waals surface area contributed by atoms with Gasteiger partial charge in [0.2, 0.25) is 5.91 Å². The zero-order valence-corrected chi connectivity index (χ0v) is 14.8. The molecule has 1 aliphatic rings. The van der Waals surface area contributed by atoms with Gasteiger partial charge in [-0.25, -0.2) is 0 Å². The highest BCUT2D eigenvalue weighted by atomic mass is 35.5. The number of ether oxygens (including phenoxy) is 1. The van der Waals surface area contributed by atoms with Crippen molar-refractivity contribution in [3.63, 3.8) is 0 Å². The molecule has 0 bridgehead atoms. The third-order valence-corrected chi connectivity index (χ3v) is 4.94. The molecule has 4 nitrogen and oxygen atoms in total. The van der Waals surface area contributed by atoms with Gasteiger partial charge in [0.15, 0.2) is 0 Å². The fraction of sp³-hybridized carbons (Fsp3) is 0.278. The van der Waals surface area contributed by atoms with Crippen LogP contribution >= 0.6 is 23.4 Å². The minimum absolute atomic E-state index is 0.0411. The van der Waals surface area contributed by atoms with Crippen molar-refractivity contribution < 1.29 is 9.53 Å². The van der Waals surface area contributed by atoms with Crippen LogP contribution in [-0.2, 0) is 9.53 Å². The maximum atomic E-state index is 12.3. The lowest BCUT2D eigenvalue weighted by Crippen LogP contribution is -2.36. The molecule has 2 aromatic carbocycles. The average Bonchev–Trinajstić information content (AvgIpc) is 2.62. The SMILES string of the molecule is O=C(CSc1ccccc1)Nc1cc(Cl)ccc1N1CCOCC1. The summed E-state index contributed by atoms with van der Waals surface area (Å²) >= 11 is 7.63. The Morgan fingerprint density at radius 2 is 1.92 bits per heavy atom. The second-order valence-electron chi connectivity index (χ2n) is 5.41. The molecule has 0 atom stereocenters. The van der Waals surface area contributed by atoms with Gasteiger partial charge in [0, 0.05) is 23.0 Å². The van der Waals surface area contributed by atoms with Crippen LogP contribution < -0.4 is 10.2 Å². The molecule has 1 amide bonds. The lowest BCUT2D eigenvalue weighted by atomic mass is 10.2. The van der Waals surface area contributed by atoms with E-state index in [2.05, 4.69) is 10.2 Å². The fourth-order valence-electron chi connectivity index (χ4n) is 2.54. The number of anilines is 2. The van der Waals surface area contributed by atoms with E-state index in [9.17, 15) is 4.79 Å². The van der Waals surface area contributed by atoms with Crippen LogP contribution in [0.3, 0.4) is 0 Å². The van der Waals surface area contributed by atoms with Gasteiger partial charge < -0.3 is 15.0 Å². The Hall–Kier alpha value is -1.69. The minimum atomic E-state index is -0.0411. The van der Waals surface area contributed by atoms with E-state index in [1.54, 1.807) is 6.07 Å². The summed E-state index contributed by atoms with van der Waals surface area (Å²) < 4.78 is 5.40. The Bertz CT molecular complexity index is 691. The normalized spacial score (nSPS) is 14.5. The van der Waals surface area contributed by atoms with Crippen molar-refractivity contribution in [1.82, 2.24) is 0 Å². The number of rotatable bonds is 5. The first-order chi connectivity index (χ1) is 11.7. The molecular weight excluding hydrogens is 344 g/mol. The molecular formula is C18H19ClN2O2S. The molecule has 1 N–H and O–H groups in total. The van der Waals surface area contributed by atoms with Gasteiger partial charge in [0.1, 0.15) is 0 Å². The van der Waals surface area contributed by atoms with Gasteiger partial charge in [0.25, 0.3) is 0 Å². The molecule has 0 unspecified atom stereocenters. The summed E-state index contributed by atoms with van der Waals surface area (Å²) in [6.07, 6.45) is 0. The molecule has 1 saturated heterocycles. The first-order valence-corrected chi connectivity index (χ1v) is 9.19. The largest absolute Gasteiger partial charge is 0.378 e. The van der Waals surface area contributed by atoms with Gasteiger partial charge in [-0.15, -0.1) is 11.8 Å². The van der Waals surface area contributed by atoms with Crippen LogP contribution in [0.4, 0.5) is 11.4 Å². The number of carbonyl (C=O) groups excluding carboxylic acids is 1. The predicted molar refractivity (Wildman–Crippen MR) is 100 cm³/mol. The molecule has 0 spiro atoms. The molecule has 1 heterocycles. The number of morpholine rings is 1. The van der Waals surface area contributed by atoms with Gasteiger partial charge in [-0.1, -0.05) is 29.8 Å². The smallest absolute Gasteiger partial charge is 0.234 e. The number of carbonyl (C=O) groups is 1. The van der Waals surface area contributed by atoms with Gasteiger partial charge in [-0.05, 0) is 30.3 Å². The van der Waals surface area contributed by atoms with Crippen LogP contribution in [-0.4, -0.2) is 38.0 Å². The molecule has 24 heavy (non-hydrogen) atoms. The summed E-state index contributed by atoms with van der Waals surface area (Å²) in [6, 6.07) is 15.5. The summed E-state index contributed by atoms with van der Waals surface area (Å²) in [5.41, 5.74) is 1.74. The van der Waals surface area contributed by atoms with Crippen molar-refractivity contribution in [1.29, 1.82) is 0 Å². The lowest BCUT2D eigenvalue weighted by molar-refractivity contribution is -0.113. The Morgan fingerprint density at radius 1 is 1.17 bits per heavy atom. The standard InChI is InChI=1S/C18H19ClN2O2S/c19-14-6-7-17(21-8-10-23-11-9-21)16(12-14)20-18(22)13-24-15-4-2-1-3-5-15/h1-7,12H,8-11,13H2,(H,20,22). The summed E-state index contributed by atoms with van der Waals surface area (Å²) in [7, 11) is 0. The molecule has 0 aromatic heterocycles. The van der Waals surface area contributed by atoms with E-state index >= 15 is 0 Å². The Balaban J connectivity index is 1.66. The Kier molecular flexibility index (Phi) is 6.01. The van der Waals surface area contributed by atoms with E-state index in [1.807, 2.05) is 42.5 Å². The highest BCUT2D eigenvalue weighted by molar-refractivity contribution is 8.00. The summed E-state index contributed by atoms with van der Waals surface area (Å²) in [5.74, 6) is 0.319. The van der Waals surface area contributed by atoms with E-state index in [4.69, 9.17) is 16.3 Å². The predicted octanol–water partition coefficient (Wildman–Crippen LogP) is 3.91. The molecule has 0 radical (unpaired) electrons. The zero-order chi connectivity index (χ0) is 16.8.